The summed E-state index contributed by atoms with van der Waals surface area (Å²) < 4.78 is 1.36. The van der Waals surface area contributed by atoms with Gasteiger partial charge in [0.25, 0.3) is 0 Å². The van der Waals surface area contributed by atoms with Gasteiger partial charge in [-0.2, -0.15) is 0 Å². The van der Waals surface area contributed by atoms with Crippen LogP contribution in [0.3, 0.4) is 0 Å². The van der Waals surface area contributed by atoms with Gasteiger partial charge in [0.1, 0.15) is 0 Å². The van der Waals surface area contributed by atoms with Gasteiger partial charge < -0.3 is 0 Å². The summed E-state index contributed by atoms with van der Waals surface area (Å²) in [5, 5.41) is 1.36. The lowest BCUT2D eigenvalue weighted by Gasteiger charge is -1.97. The molecule has 0 aliphatic heterocycles. The van der Waals surface area contributed by atoms with Crippen LogP contribution in [0.1, 0.15) is 31.2 Å². The molecule has 17 heavy (non-hydrogen) atoms. The average Bonchev–Trinajstić information content (AvgIpc) is 2.64. The first-order valence-electron chi connectivity index (χ1n) is 6.04. The Morgan fingerprint density at radius 3 is 2.59 bits per heavy atom. The summed E-state index contributed by atoms with van der Waals surface area (Å²) in [5.41, 5.74) is 1.36. The standard InChI is InChI=1S/C16H18S/c1-4-7-15-14(11-10-12(2)3)13-8-5-6-9-16(13)17-15/h4-12H,1-3H3/b7-4-,11-10-. The van der Waals surface area contributed by atoms with Crippen LogP contribution in [0.5, 0.6) is 0 Å². The number of hydrogen-bond acceptors (Lipinski definition) is 1. The molecule has 0 spiro atoms. The minimum Gasteiger partial charge on any atom is -0.135 e. The molecule has 1 aromatic heterocycles. The highest BCUT2D eigenvalue weighted by Gasteiger charge is 2.06. The Bertz CT molecular complexity index is 556. The molecule has 0 nitrogen and oxygen atoms in total. The summed E-state index contributed by atoms with van der Waals surface area (Å²) in [6, 6.07) is 8.62. The van der Waals surface area contributed by atoms with E-state index in [1.807, 2.05) is 11.3 Å². The Labute approximate surface area is 107 Å². The Morgan fingerprint density at radius 2 is 1.88 bits per heavy atom. The van der Waals surface area contributed by atoms with Crippen molar-refractivity contribution < 1.29 is 0 Å². The monoisotopic (exact) mass is 242 g/mol. The molecule has 0 unspecified atom stereocenters. The summed E-state index contributed by atoms with van der Waals surface area (Å²) in [7, 11) is 0. The molecule has 88 valence electrons. The van der Waals surface area contributed by atoms with Crippen LogP contribution in [0.4, 0.5) is 0 Å². The van der Waals surface area contributed by atoms with Gasteiger partial charge in [0.15, 0.2) is 0 Å². The summed E-state index contributed by atoms with van der Waals surface area (Å²) in [6.07, 6.45) is 8.84. The van der Waals surface area contributed by atoms with E-state index in [1.54, 1.807) is 0 Å². The van der Waals surface area contributed by atoms with Gasteiger partial charge in [-0.25, -0.2) is 0 Å². The number of fused-ring (bicyclic) bond motifs is 1. The van der Waals surface area contributed by atoms with Gasteiger partial charge in [0.2, 0.25) is 0 Å². The average molecular weight is 242 g/mol. The lowest BCUT2D eigenvalue weighted by molar-refractivity contribution is 0.836. The first-order chi connectivity index (χ1) is 8.22. The maximum absolute atomic E-state index is 2.27. The molecule has 2 rings (SSSR count). The molecule has 1 heteroatoms. The van der Waals surface area contributed by atoms with Crippen LogP contribution in [0.25, 0.3) is 22.2 Å². The molecule has 0 fully saturated rings. The minimum atomic E-state index is 0.590. The highest BCUT2D eigenvalue weighted by molar-refractivity contribution is 7.20. The highest BCUT2D eigenvalue weighted by Crippen LogP contribution is 2.33. The van der Waals surface area contributed by atoms with E-state index in [0.29, 0.717) is 5.92 Å². The van der Waals surface area contributed by atoms with Crippen molar-refractivity contribution in [2.75, 3.05) is 0 Å². The molecule has 0 saturated carbocycles. The van der Waals surface area contributed by atoms with E-state index in [2.05, 4.69) is 69.3 Å². The largest absolute Gasteiger partial charge is 0.135 e. The quantitative estimate of drug-likeness (QED) is 0.657. The van der Waals surface area contributed by atoms with Crippen molar-refractivity contribution in [1.29, 1.82) is 0 Å². The molecule has 0 atom stereocenters. The Morgan fingerprint density at radius 1 is 1.12 bits per heavy atom. The van der Waals surface area contributed by atoms with E-state index in [0.717, 1.165) is 0 Å². The summed E-state index contributed by atoms with van der Waals surface area (Å²) in [5.74, 6) is 0.590. The fourth-order valence-electron chi connectivity index (χ4n) is 1.82. The highest BCUT2D eigenvalue weighted by atomic mass is 32.1. The zero-order chi connectivity index (χ0) is 12.3. The van der Waals surface area contributed by atoms with Gasteiger partial charge in [-0.05, 0) is 30.5 Å². The molecule has 0 aliphatic rings. The summed E-state index contributed by atoms with van der Waals surface area (Å²) >= 11 is 1.86. The van der Waals surface area contributed by atoms with Crippen molar-refractivity contribution >= 4 is 33.6 Å². The number of hydrogen-bond donors (Lipinski definition) is 0. The molecule has 1 aromatic carbocycles. The number of allylic oxidation sites excluding steroid dienone is 2. The second kappa shape index (κ2) is 5.33. The van der Waals surface area contributed by atoms with Crippen molar-refractivity contribution in [3.63, 3.8) is 0 Å². The van der Waals surface area contributed by atoms with E-state index < -0.39 is 0 Å². The predicted octanol–water partition coefficient (Wildman–Crippen LogP) is 5.60. The van der Waals surface area contributed by atoms with Crippen LogP contribution in [0, 0.1) is 5.92 Å². The van der Waals surface area contributed by atoms with Crippen molar-refractivity contribution in [1.82, 2.24) is 0 Å². The zero-order valence-corrected chi connectivity index (χ0v) is 11.4. The van der Waals surface area contributed by atoms with Crippen LogP contribution >= 0.6 is 11.3 Å². The van der Waals surface area contributed by atoms with E-state index in [4.69, 9.17) is 0 Å². The molecular formula is C16H18S. The molecular weight excluding hydrogens is 224 g/mol. The number of benzene rings is 1. The van der Waals surface area contributed by atoms with Crippen LogP contribution < -0.4 is 0 Å². The molecule has 0 bridgehead atoms. The van der Waals surface area contributed by atoms with Gasteiger partial charge in [-0.1, -0.05) is 50.3 Å². The van der Waals surface area contributed by atoms with Gasteiger partial charge in [0.05, 0.1) is 0 Å². The van der Waals surface area contributed by atoms with Crippen molar-refractivity contribution in [2.45, 2.75) is 20.8 Å². The van der Waals surface area contributed by atoms with Gasteiger partial charge in [-0.3, -0.25) is 0 Å². The predicted molar refractivity (Wildman–Crippen MR) is 80.4 cm³/mol. The van der Waals surface area contributed by atoms with E-state index in [-0.39, 0.29) is 0 Å². The molecule has 2 aromatic rings. The first kappa shape index (κ1) is 12.1. The topological polar surface area (TPSA) is 0 Å². The second-order valence-corrected chi connectivity index (χ2v) is 5.56. The third-order valence-corrected chi connectivity index (χ3v) is 3.78. The normalized spacial score (nSPS) is 12.5. The third-order valence-electron chi connectivity index (χ3n) is 2.63. The molecule has 1 heterocycles. The number of rotatable bonds is 3. The van der Waals surface area contributed by atoms with Gasteiger partial charge >= 0.3 is 0 Å². The Balaban J connectivity index is 2.59. The smallest absolute Gasteiger partial charge is 0.0355 e. The number of thiophene rings is 1. The third kappa shape index (κ3) is 2.67. The van der Waals surface area contributed by atoms with Crippen LogP contribution in [-0.2, 0) is 0 Å². The van der Waals surface area contributed by atoms with Gasteiger partial charge in [-0.15, -0.1) is 11.3 Å². The SMILES string of the molecule is C/C=C\c1sc2ccccc2c1/C=C\C(C)C. The fraction of sp³-hybridized carbons (Fsp3) is 0.250. The lowest BCUT2D eigenvalue weighted by Crippen LogP contribution is -1.78. The lowest BCUT2D eigenvalue weighted by atomic mass is 10.1. The summed E-state index contributed by atoms with van der Waals surface area (Å²) in [6.45, 7) is 6.49. The Hall–Kier alpha value is -1.34. The van der Waals surface area contributed by atoms with Crippen LogP contribution in [0.15, 0.2) is 36.4 Å². The molecule has 0 radical (unpaired) electrons. The van der Waals surface area contributed by atoms with E-state index >= 15 is 0 Å². The fourth-order valence-corrected chi connectivity index (χ4v) is 2.98. The van der Waals surface area contributed by atoms with E-state index in [1.165, 1.54) is 20.5 Å². The molecule has 0 amide bonds. The first-order valence-corrected chi connectivity index (χ1v) is 6.86. The Kier molecular flexibility index (Phi) is 3.80. The summed E-state index contributed by atoms with van der Waals surface area (Å²) in [4.78, 5) is 1.35. The minimum absolute atomic E-state index is 0.590. The van der Waals surface area contributed by atoms with Crippen LogP contribution in [-0.4, -0.2) is 0 Å². The van der Waals surface area contributed by atoms with Crippen molar-refractivity contribution in [3.05, 3.63) is 46.9 Å². The van der Waals surface area contributed by atoms with E-state index in [9.17, 15) is 0 Å². The molecule has 0 aliphatic carbocycles. The molecule has 0 saturated heterocycles. The van der Waals surface area contributed by atoms with Crippen molar-refractivity contribution in [2.24, 2.45) is 5.92 Å². The van der Waals surface area contributed by atoms with Crippen molar-refractivity contribution in [3.8, 4) is 0 Å². The maximum atomic E-state index is 2.27. The second-order valence-electron chi connectivity index (χ2n) is 4.48. The molecule has 0 N–H and O–H groups in total. The van der Waals surface area contributed by atoms with Gasteiger partial charge in [0, 0.05) is 15.0 Å². The van der Waals surface area contributed by atoms with Crippen LogP contribution in [0.2, 0.25) is 0 Å². The maximum Gasteiger partial charge on any atom is 0.0355 e. The zero-order valence-electron chi connectivity index (χ0n) is 10.6.